The normalized spacial score (nSPS) is 10.2. The van der Waals surface area contributed by atoms with E-state index >= 15 is 0 Å². The summed E-state index contributed by atoms with van der Waals surface area (Å²) in [7, 11) is 0. The lowest BCUT2D eigenvalue weighted by Gasteiger charge is -2.14. The highest BCUT2D eigenvalue weighted by Crippen LogP contribution is 2.26. The Kier molecular flexibility index (Phi) is 7.12. The second-order valence-corrected chi connectivity index (χ2v) is 6.03. The van der Waals surface area contributed by atoms with Gasteiger partial charge in [-0.1, -0.05) is 23.2 Å². The zero-order chi connectivity index (χ0) is 19.1. The number of hydrogen-bond acceptors (Lipinski definition) is 4. The number of benzene rings is 2. The number of hydrogen-bond donors (Lipinski definition) is 3. The van der Waals surface area contributed by atoms with Crippen LogP contribution in [0.3, 0.4) is 0 Å². The van der Waals surface area contributed by atoms with E-state index in [9.17, 15) is 9.59 Å². The SMILES string of the molecule is CCNc1ccc(C(=O)OCC)cc1NC(=O)Nc1ccc(Cl)c(Cl)c1. The predicted octanol–water partition coefficient (Wildman–Crippen LogP) is 5.25. The van der Waals surface area contributed by atoms with Crippen LogP contribution in [0.15, 0.2) is 36.4 Å². The van der Waals surface area contributed by atoms with E-state index < -0.39 is 12.0 Å². The number of carbonyl (C=O) groups excluding carboxylic acids is 2. The number of rotatable bonds is 6. The van der Waals surface area contributed by atoms with Gasteiger partial charge in [0.25, 0.3) is 0 Å². The third-order valence-corrected chi connectivity index (χ3v) is 4.06. The predicted molar refractivity (Wildman–Crippen MR) is 106 cm³/mol. The molecule has 0 fully saturated rings. The Morgan fingerprint density at radius 2 is 1.73 bits per heavy atom. The first-order valence-corrected chi connectivity index (χ1v) is 8.78. The number of ether oxygens (including phenoxy) is 1. The molecule has 0 saturated carbocycles. The van der Waals surface area contributed by atoms with E-state index in [4.69, 9.17) is 27.9 Å². The molecule has 3 N–H and O–H groups in total. The van der Waals surface area contributed by atoms with Crippen molar-refractivity contribution in [1.29, 1.82) is 0 Å². The van der Waals surface area contributed by atoms with Crippen LogP contribution in [0.5, 0.6) is 0 Å². The molecule has 26 heavy (non-hydrogen) atoms. The van der Waals surface area contributed by atoms with Crippen LogP contribution in [0.1, 0.15) is 24.2 Å². The average Bonchev–Trinajstić information content (AvgIpc) is 2.60. The average molecular weight is 396 g/mol. The van der Waals surface area contributed by atoms with Crippen molar-refractivity contribution in [3.63, 3.8) is 0 Å². The number of carbonyl (C=O) groups is 2. The fourth-order valence-corrected chi connectivity index (χ4v) is 2.49. The maximum atomic E-state index is 12.3. The molecule has 6 nitrogen and oxygen atoms in total. The summed E-state index contributed by atoms with van der Waals surface area (Å²) >= 11 is 11.8. The van der Waals surface area contributed by atoms with Crippen LogP contribution in [-0.2, 0) is 4.74 Å². The van der Waals surface area contributed by atoms with Gasteiger partial charge in [0.05, 0.1) is 33.6 Å². The van der Waals surface area contributed by atoms with E-state index in [-0.39, 0.29) is 6.61 Å². The van der Waals surface area contributed by atoms with Gasteiger partial charge in [-0.2, -0.15) is 0 Å². The lowest BCUT2D eigenvalue weighted by Crippen LogP contribution is -2.20. The summed E-state index contributed by atoms with van der Waals surface area (Å²) in [5, 5.41) is 9.24. The van der Waals surface area contributed by atoms with Crippen LogP contribution < -0.4 is 16.0 Å². The summed E-state index contributed by atoms with van der Waals surface area (Å²) in [4.78, 5) is 24.2. The van der Waals surface area contributed by atoms with Gasteiger partial charge in [0.15, 0.2) is 0 Å². The third kappa shape index (κ3) is 5.28. The van der Waals surface area contributed by atoms with Crippen LogP contribution >= 0.6 is 23.2 Å². The largest absolute Gasteiger partial charge is 0.462 e. The first-order valence-electron chi connectivity index (χ1n) is 8.02. The van der Waals surface area contributed by atoms with Crippen molar-refractivity contribution in [2.45, 2.75) is 13.8 Å². The minimum Gasteiger partial charge on any atom is -0.462 e. The van der Waals surface area contributed by atoms with E-state index in [2.05, 4.69) is 16.0 Å². The Balaban J connectivity index is 2.19. The zero-order valence-electron chi connectivity index (χ0n) is 14.4. The van der Waals surface area contributed by atoms with Gasteiger partial charge < -0.3 is 20.7 Å². The molecule has 0 spiro atoms. The minimum absolute atomic E-state index is 0.272. The second kappa shape index (κ2) is 9.31. The Hall–Kier alpha value is -2.44. The van der Waals surface area contributed by atoms with E-state index in [1.807, 2.05) is 6.92 Å². The smallest absolute Gasteiger partial charge is 0.338 e. The molecule has 2 rings (SSSR count). The summed E-state index contributed by atoms with van der Waals surface area (Å²) < 4.78 is 4.99. The van der Waals surface area contributed by atoms with Crippen molar-refractivity contribution in [2.75, 3.05) is 29.1 Å². The van der Waals surface area contributed by atoms with E-state index in [0.717, 1.165) is 0 Å². The third-order valence-electron chi connectivity index (χ3n) is 3.32. The molecule has 8 heteroatoms. The molecule has 0 aliphatic carbocycles. The molecule has 2 aromatic carbocycles. The highest BCUT2D eigenvalue weighted by atomic mass is 35.5. The van der Waals surface area contributed by atoms with Crippen molar-refractivity contribution in [1.82, 2.24) is 0 Å². The number of anilines is 3. The van der Waals surface area contributed by atoms with Gasteiger partial charge in [-0.05, 0) is 50.2 Å². The monoisotopic (exact) mass is 395 g/mol. The Morgan fingerprint density at radius 3 is 2.38 bits per heavy atom. The molecule has 0 heterocycles. The Labute approximate surface area is 161 Å². The molecule has 0 radical (unpaired) electrons. The van der Waals surface area contributed by atoms with Crippen molar-refractivity contribution in [3.8, 4) is 0 Å². The fraction of sp³-hybridized carbons (Fsp3) is 0.222. The molecule has 0 aromatic heterocycles. The zero-order valence-corrected chi connectivity index (χ0v) is 15.9. The summed E-state index contributed by atoms with van der Waals surface area (Å²) in [6.45, 7) is 4.59. The van der Waals surface area contributed by atoms with Crippen molar-refractivity contribution in [3.05, 3.63) is 52.0 Å². The maximum Gasteiger partial charge on any atom is 0.338 e. The quantitative estimate of drug-likeness (QED) is 0.583. The molecule has 0 atom stereocenters. The van der Waals surface area contributed by atoms with Crippen molar-refractivity contribution < 1.29 is 14.3 Å². The molecule has 0 aliphatic heterocycles. The van der Waals surface area contributed by atoms with Gasteiger partial charge in [-0.25, -0.2) is 9.59 Å². The molecular weight excluding hydrogens is 377 g/mol. The second-order valence-electron chi connectivity index (χ2n) is 5.22. The van der Waals surface area contributed by atoms with Crippen LogP contribution in [-0.4, -0.2) is 25.2 Å². The maximum absolute atomic E-state index is 12.3. The van der Waals surface area contributed by atoms with Crippen LogP contribution in [0.4, 0.5) is 21.9 Å². The highest BCUT2D eigenvalue weighted by Gasteiger charge is 2.13. The van der Waals surface area contributed by atoms with Crippen molar-refractivity contribution >= 4 is 52.3 Å². The molecule has 0 saturated heterocycles. The molecular formula is C18H19Cl2N3O3. The molecule has 138 valence electrons. The summed E-state index contributed by atoms with van der Waals surface area (Å²) in [5.74, 6) is -0.455. The number of urea groups is 1. The van der Waals surface area contributed by atoms with E-state index in [1.54, 1.807) is 43.3 Å². The Morgan fingerprint density at radius 1 is 0.962 bits per heavy atom. The summed E-state index contributed by atoms with van der Waals surface area (Å²) in [6.07, 6.45) is 0. The summed E-state index contributed by atoms with van der Waals surface area (Å²) in [5.41, 5.74) is 1.97. The van der Waals surface area contributed by atoms with Gasteiger partial charge in [-0.3, -0.25) is 0 Å². The summed E-state index contributed by atoms with van der Waals surface area (Å²) in [6, 6.07) is 9.19. The first-order chi connectivity index (χ1) is 12.4. The number of nitrogens with one attached hydrogen (secondary N) is 3. The lowest BCUT2D eigenvalue weighted by molar-refractivity contribution is 0.0526. The standard InChI is InChI=1S/C18H19Cl2N3O3/c1-3-21-15-8-5-11(17(24)26-4-2)9-16(15)23-18(25)22-12-6-7-13(19)14(20)10-12/h5-10,21H,3-4H2,1-2H3,(H2,22,23,25). The van der Waals surface area contributed by atoms with Gasteiger partial charge in [0.2, 0.25) is 0 Å². The highest BCUT2D eigenvalue weighted by molar-refractivity contribution is 6.42. The van der Waals surface area contributed by atoms with Crippen LogP contribution in [0.2, 0.25) is 10.0 Å². The number of amides is 2. The van der Waals surface area contributed by atoms with Gasteiger partial charge in [0, 0.05) is 12.2 Å². The van der Waals surface area contributed by atoms with Gasteiger partial charge >= 0.3 is 12.0 Å². The fourth-order valence-electron chi connectivity index (χ4n) is 2.19. The number of halogens is 2. The van der Waals surface area contributed by atoms with E-state index in [1.165, 1.54) is 0 Å². The van der Waals surface area contributed by atoms with Crippen LogP contribution in [0, 0.1) is 0 Å². The molecule has 2 amide bonds. The van der Waals surface area contributed by atoms with E-state index in [0.29, 0.717) is 39.2 Å². The Bertz CT molecular complexity index is 812. The van der Waals surface area contributed by atoms with Crippen molar-refractivity contribution in [2.24, 2.45) is 0 Å². The molecule has 2 aromatic rings. The van der Waals surface area contributed by atoms with Crippen LogP contribution in [0.25, 0.3) is 0 Å². The first kappa shape index (κ1) is 19.9. The topological polar surface area (TPSA) is 79.5 Å². The minimum atomic E-state index is -0.483. The molecule has 0 unspecified atom stereocenters. The molecule has 0 bridgehead atoms. The molecule has 0 aliphatic rings. The van der Waals surface area contributed by atoms with Gasteiger partial charge in [-0.15, -0.1) is 0 Å². The van der Waals surface area contributed by atoms with Gasteiger partial charge in [0.1, 0.15) is 0 Å². The number of esters is 1. The lowest BCUT2D eigenvalue weighted by atomic mass is 10.1.